The van der Waals surface area contributed by atoms with Crippen LogP contribution in [0.15, 0.2) is 0 Å². The lowest BCUT2D eigenvalue weighted by Crippen LogP contribution is -2.30. The molecule has 274 valence electrons. The third-order valence-corrected chi connectivity index (χ3v) is 9.54. The maximum atomic E-state index is 13.0. The van der Waals surface area contributed by atoms with E-state index < -0.39 is 13.9 Å². The van der Waals surface area contributed by atoms with Crippen LogP contribution in [0.3, 0.4) is 0 Å². The highest BCUT2D eigenvalue weighted by Crippen LogP contribution is 2.49. The van der Waals surface area contributed by atoms with Gasteiger partial charge in [-0.05, 0) is 26.8 Å². The van der Waals surface area contributed by atoms with Gasteiger partial charge in [0.15, 0.2) is 6.10 Å². The van der Waals surface area contributed by atoms with E-state index in [4.69, 9.17) is 23.0 Å². The Labute approximate surface area is 283 Å². The molecule has 2 atom stereocenters. The van der Waals surface area contributed by atoms with E-state index >= 15 is 0 Å². The predicted molar refractivity (Wildman–Crippen MR) is 188 cm³/mol. The van der Waals surface area contributed by atoms with Gasteiger partial charge in [-0.3, -0.25) is 23.2 Å². The number of nitrogens with one attached hydrogen (secondary N) is 1. The van der Waals surface area contributed by atoms with E-state index in [1.807, 2.05) is 0 Å². The highest BCUT2D eigenvalue weighted by molar-refractivity contribution is 7.48. The summed E-state index contributed by atoms with van der Waals surface area (Å²) in [6.45, 7) is 6.48. The SMILES string of the molecule is CCCCCCCCCCCCCC(=O)OC[C@@H](COP(=O)(OCC)OCCNC)OC(=O)CCCCCCCCCCCCC. The van der Waals surface area contributed by atoms with Gasteiger partial charge in [0.05, 0.1) is 19.8 Å². The average Bonchev–Trinajstić information content (AvgIpc) is 3.04. The van der Waals surface area contributed by atoms with E-state index in [0.717, 1.165) is 38.5 Å². The monoisotopic (exact) mass is 677 g/mol. The van der Waals surface area contributed by atoms with Gasteiger partial charge in [0.25, 0.3) is 0 Å². The lowest BCUT2D eigenvalue weighted by atomic mass is 10.1. The van der Waals surface area contributed by atoms with E-state index in [0.29, 0.717) is 13.0 Å². The minimum absolute atomic E-state index is 0.130. The molecular weight excluding hydrogens is 605 g/mol. The Morgan fingerprint density at radius 3 is 1.43 bits per heavy atom. The quantitative estimate of drug-likeness (QED) is 0.0393. The zero-order valence-corrected chi connectivity index (χ0v) is 31.2. The number of likely N-dealkylation sites (N-methyl/N-ethyl adjacent to an activating group) is 1. The molecule has 0 aromatic carbocycles. The first-order valence-electron chi connectivity index (χ1n) is 18.9. The average molecular weight is 678 g/mol. The molecule has 1 unspecified atom stereocenters. The number of hydrogen-bond donors (Lipinski definition) is 1. The molecule has 0 fully saturated rings. The number of phosphoric ester groups is 1. The third-order valence-electron chi connectivity index (χ3n) is 8.00. The van der Waals surface area contributed by atoms with Gasteiger partial charge < -0.3 is 14.8 Å². The molecule has 0 aromatic rings. The summed E-state index contributed by atoms with van der Waals surface area (Å²) in [4.78, 5) is 25.1. The number of carbonyl (C=O) groups is 2. The molecule has 0 aliphatic carbocycles. The largest absolute Gasteiger partial charge is 0.474 e. The van der Waals surface area contributed by atoms with Crippen LogP contribution >= 0.6 is 7.82 Å². The molecule has 0 bridgehead atoms. The summed E-state index contributed by atoms with van der Waals surface area (Å²) in [7, 11) is -2.10. The number of phosphoric acid groups is 1. The fraction of sp³-hybridized carbons (Fsp3) is 0.944. The van der Waals surface area contributed by atoms with Crippen molar-refractivity contribution in [3.63, 3.8) is 0 Å². The topological polar surface area (TPSA) is 109 Å². The number of esters is 2. The maximum absolute atomic E-state index is 13.0. The highest BCUT2D eigenvalue weighted by Gasteiger charge is 2.29. The summed E-state index contributed by atoms with van der Waals surface area (Å²) in [6, 6.07) is 0. The van der Waals surface area contributed by atoms with Crippen LogP contribution in [-0.2, 0) is 37.2 Å². The van der Waals surface area contributed by atoms with E-state index in [1.54, 1.807) is 14.0 Å². The van der Waals surface area contributed by atoms with E-state index in [2.05, 4.69) is 19.2 Å². The van der Waals surface area contributed by atoms with Crippen LogP contribution < -0.4 is 5.32 Å². The minimum Gasteiger partial charge on any atom is -0.462 e. The molecule has 0 spiro atoms. The summed E-state index contributed by atoms with van der Waals surface area (Å²) < 4.78 is 40.2. The van der Waals surface area contributed by atoms with Crippen LogP contribution in [0.5, 0.6) is 0 Å². The fourth-order valence-corrected chi connectivity index (χ4v) is 6.39. The van der Waals surface area contributed by atoms with E-state index in [9.17, 15) is 14.2 Å². The first kappa shape index (κ1) is 45.0. The molecule has 0 radical (unpaired) electrons. The molecule has 0 amide bonds. The van der Waals surface area contributed by atoms with Gasteiger partial charge in [-0.15, -0.1) is 0 Å². The van der Waals surface area contributed by atoms with Crippen LogP contribution in [0.4, 0.5) is 0 Å². The normalized spacial score (nSPS) is 13.4. The van der Waals surface area contributed by atoms with Crippen molar-refractivity contribution < 1.29 is 37.2 Å². The molecule has 10 heteroatoms. The maximum Gasteiger partial charge on any atom is 0.474 e. The number of hydrogen-bond acceptors (Lipinski definition) is 9. The Kier molecular flexibility index (Phi) is 33.2. The van der Waals surface area contributed by atoms with Crippen molar-refractivity contribution in [3.05, 3.63) is 0 Å². The van der Waals surface area contributed by atoms with Crippen molar-refractivity contribution in [2.24, 2.45) is 0 Å². The van der Waals surface area contributed by atoms with Gasteiger partial charge in [0, 0.05) is 19.4 Å². The van der Waals surface area contributed by atoms with Crippen LogP contribution in [-0.4, -0.2) is 58.1 Å². The van der Waals surface area contributed by atoms with Crippen molar-refractivity contribution in [1.82, 2.24) is 5.32 Å². The molecule has 0 heterocycles. The molecule has 0 saturated carbocycles. The Bertz CT molecular complexity index is 739. The van der Waals surface area contributed by atoms with Crippen LogP contribution in [0.1, 0.15) is 175 Å². The van der Waals surface area contributed by atoms with E-state index in [1.165, 1.54) is 103 Å². The standard InChI is InChI=1S/C36H72NO8P/c1-5-8-10-12-14-16-18-20-22-24-26-28-35(38)41-32-34(33-44-46(40,42-7-3)43-31-30-37-4)45-36(39)29-27-25-23-21-19-17-15-13-11-9-6-2/h34,37H,5-33H2,1-4H3/t34-,46?/m0/s1. The first-order chi connectivity index (χ1) is 22.4. The van der Waals surface area contributed by atoms with Gasteiger partial charge in [-0.2, -0.15) is 0 Å². The summed E-state index contributed by atoms with van der Waals surface area (Å²) in [5.41, 5.74) is 0. The molecular formula is C36H72NO8P. The van der Waals surface area contributed by atoms with Crippen LogP contribution in [0, 0.1) is 0 Å². The van der Waals surface area contributed by atoms with Gasteiger partial charge in [0.1, 0.15) is 6.61 Å². The second kappa shape index (κ2) is 33.9. The van der Waals surface area contributed by atoms with Gasteiger partial charge in [0.2, 0.25) is 0 Å². The Balaban J connectivity index is 4.51. The Morgan fingerprint density at radius 1 is 0.565 bits per heavy atom. The predicted octanol–water partition coefficient (Wildman–Crippen LogP) is 10.2. The lowest BCUT2D eigenvalue weighted by Gasteiger charge is -2.22. The summed E-state index contributed by atoms with van der Waals surface area (Å²) in [5, 5.41) is 2.91. The number of rotatable bonds is 36. The zero-order chi connectivity index (χ0) is 34.0. The smallest absolute Gasteiger partial charge is 0.462 e. The van der Waals surface area contributed by atoms with Crippen molar-refractivity contribution >= 4 is 19.8 Å². The molecule has 0 aliphatic heterocycles. The molecule has 0 aliphatic rings. The molecule has 46 heavy (non-hydrogen) atoms. The number of ether oxygens (including phenoxy) is 2. The fourth-order valence-electron chi connectivity index (χ4n) is 5.19. The number of carbonyl (C=O) groups excluding carboxylic acids is 2. The van der Waals surface area contributed by atoms with Crippen molar-refractivity contribution in [2.75, 3.05) is 40.0 Å². The molecule has 0 rings (SSSR count). The summed E-state index contributed by atoms with van der Waals surface area (Å²) in [5.74, 6) is -0.714. The van der Waals surface area contributed by atoms with Crippen molar-refractivity contribution in [3.8, 4) is 0 Å². The summed E-state index contributed by atoms with van der Waals surface area (Å²) >= 11 is 0. The highest BCUT2D eigenvalue weighted by atomic mass is 31.2. The second-order valence-electron chi connectivity index (χ2n) is 12.5. The zero-order valence-electron chi connectivity index (χ0n) is 30.3. The minimum atomic E-state index is -3.85. The summed E-state index contributed by atoms with van der Waals surface area (Å²) in [6.07, 6.45) is 26.1. The lowest BCUT2D eigenvalue weighted by molar-refractivity contribution is -0.161. The molecule has 0 saturated heterocycles. The van der Waals surface area contributed by atoms with Gasteiger partial charge >= 0.3 is 19.8 Å². The second-order valence-corrected chi connectivity index (χ2v) is 14.1. The third kappa shape index (κ3) is 30.4. The molecule has 9 nitrogen and oxygen atoms in total. The van der Waals surface area contributed by atoms with Crippen LogP contribution in [0.25, 0.3) is 0 Å². The molecule has 0 aromatic heterocycles. The van der Waals surface area contributed by atoms with E-state index in [-0.39, 0.29) is 44.8 Å². The van der Waals surface area contributed by atoms with Crippen LogP contribution in [0.2, 0.25) is 0 Å². The van der Waals surface area contributed by atoms with Gasteiger partial charge in [-0.25, -0.2) is 4.57 Å². The number of unbranched alkanes of at least 4 members (excludes halogenated alkanes) is 20. The van der Waals surface area contributed by atoms with Crippen molar-refractivity contribution in [1.29, 1.82) is 0 Å². The Hall–Kier alpha value is -0.990. The Morgan fingerprint density at radius 2 is 1.00 bits per heavy atom. The van der Waals surface area contributed by atoms with Crippen molar-refractivity contribution in [2.45, 2.75) is 181 Å². The first-order valence-corrected chi connectivity index (χ1v) is 20.4. The molecule has 1 N–H and O–H groups in total. The van der Waals surface area contributed by atoms with Gasteiger partial charge in [-0.1, -0.05) is 142 Å².